The molecule has 0 aliphatic rings. The van der Waals surface area contributed by atoms with Gasteiger partial charge in [0.1, 0.15) is 0 Å². The fourth-order valence-corrected chi connectivity index (χ4v) is 3.38. The van der Waals surface area contributed by atoms with Crippen LogP contribution in [-0.2, 0) is 0 Å². The van der Waals surface area contributed by atoms with Crippen molar-refractivity contribution in [3.63, 3.8) is 0 Å². The van der Waals surface area contributed by atoms with E-state index < -0.39 is 0 Å². The summed E-state index contributed by atoms with van der Waals surface area (Å²) >= 11 is 0. The van der Waals surface area contributed by atoms with Gasteiger partial charge in [-0.3, -0.25) is 0 Å². The van der Waals surface area contributed by atoms with Crippen LogP contribution >= 0.6 is 0 Å². The second kappa shape index (κ2) is 6.78. The molecule has 1 heteroatoms. The van der Waals surface area contributed by atoms with Gasteiger partial charge >= 0.3 is 0 Å². The quantitative estimate of drug-likeness (QED) is 0.677. The second-order valence-electron chi connectivity index (χ2n) is 7.58. The van der Waals surface area contributed by atoms with E-state index in [1.54, 1.807) is 0 Å². The molecule has 0 amide bonds. The monoisotopic (exact) mass is 241 g/mol. The summed E-state index contributed by atoms with van der Waals surface area (Å²) in [5.41, 5.74) is 6.70. The predicted octanol–water partition coefficient (Wildman–Crippen LogP) is 4.85. The highest BCUT2D eigenvalue weighted by atomic mass is 14.5. The highest BCUT2D eigenvalue weighted by Crippen LogP contribution is 2.43. The third-order valence-corrected chi connectivity index (χ3v) is 4.11. The van der Waals surface area contributed by atoms with Gasteiger partial charge in [0.25, 0.3) is 0 Å². The summed E-state index contributed by atoms with van der Waals surface area (Å²) < 4.78 is 0. The molecular weight excluding hydrogens is 206 g/mol. The zero-order valence-corrected chi connectivity index (χ0v) is 13.3. The Kier molecular flexibility index (Phi) is 6.76. The van der Waals surface area contributed by atoms with E-state index in [2.05, 4.69) is 48.5 Å². The van der Waals surface area contributed by atoms with Crippen molar-refractivity contribution < 1.29 is 0 Å². The molecular formula is C16H35N. The van der Waals surface area contributed by atoms with Gasteiger partial charge in [0, 0.05) is 0 Å². The Morgan fingerprint density at radius 3 is 1.76 bits per heavy atom. The SMILES string of the molecule is CCC(CN)CC(CC)C(C)(C)CC(C)(C)C. The largest absolute Gasteiger partial charge is 0.330 e. The first kappa shape index (κ1) is 17.0. The van der Waals surface area contributed by atoms with Gasteiger partial charge in [-0.05, 0) is 42.1 Å². The van der Waals surface area contributed by atoms with Crippen LogP contribution in [0, 0.1) is 22.7 Å². The zero-order chi connectivity index (χ0) is 13.7. The highest BCUT2D eigenvalue weighted by molar-refractivity contribution is 4.83. The molecule has 0 saturated carbocycles. The van der Waals surface area contributed by atoms with Crippen molar-refractivity contribution in [2.75, 3.05) is 6.54 Å². The van der Waals surface area contributed by atoms with Gasteiger partial charge in [0.2, 0.25) is 0 Å². The molecule has 104 valence electrons. The maximum atomic E-state index is 5.86. The Hall–Kier alpha value is -0.0400. The molecule has 0 heterocycles. The lowest BCUT2D eigenvalue weighted by atomic mass is 9.65. The molecule has 0 saturated heterocycles. The topological polar surface area (TPSA) is 26.0 Å². The number of nitrogens with two attached hydrogens (primary N) is 1. The maximum absolute atomic E-state index is 5.86. The molecule has 0 aliphatic carbocycles. The van der Waals surface area contributed by atoms with Crippen LogP contribution in [0.25, 0.3) is 0 Å². The van der Waals surface area contributed by atoms with E-state index in [1.807, 2.05) is 0 Å². The fraction of sp³-hybridized carbons (Fsp3) is 1.00. The first-order chi connectivity index (χ1) is 7.66. The van der Waals surface area contributed by atoms with Crippen molar-refractivity contribution in [1.29, 1.82) is 0 Å². The van der Waals surface area contributed by atoms with Crippen LogP contribution in [0.1, 0.15) is 74.1 Å². The molecule has 0 spiro atoms. The lowest BCUT2D eigenvalue weighted by Gasteiger charge is -2.40. The van der Waals surface area contributed by atoms with E-state index >= 15 is 0 Å². The normalized spacial score (nSPS) is 16.9. The van der Waals surface area contributed by atoms with Gasteiger partial charge in [0.15, 0.2) is 0 Å². The molecule has 0 radical (unpaired) electrons. The Balaban J connectivity index is 4.62. The fourth-order valence-electron chi connectivity index (χ4n) is 3.38. The third-order valence-electron chi connectivity index (χ3n) is 4.11. The van der Waals surface area contributed by atoms with Gasteiger partial charge in [0.05, 0.1) is 0 Å². The molecule has 2 unspecified atom stereocenters. The first-order valence-corrected chi connectivity index (χ1v) is 7.36. The van der Waals surface area contributed by atoms with Gasteiger partial charge in [-0.2, -0.15) is 0 Å². The minimum Gasteiger partial charge on any atom is -0.330 e. The summed E-state index contributed by atoms with van der Waals surface area (Å²) in [6, 6.07) is 0. The van der Waals surface area contributed by atoms with Crippen LogP contribution in [0.2, 0.25) is 0 Å². The lowest BCUT2D eigenvalue weighted by molar-refractivity contribution is 0.105. The van der Waals surface area contributed by atoms with Crippen LogP contribution in [0.5, 0.6) is 0 Å². The van der Waals surface area contributed by atoms with Crippen LogP contribution in [-0.4, -0.2) is 6.54 Å². The average molecular weight is 241 g/mol. The van der Waals surface area contributed by atoms with E-state index in [1.165, 1.54) is 25.7 Å². The minimum atomic E-state index is 0.418. The van der Waals surface area contributed by atoms with E-state index in [-0.39, 0.29) is 0 Å². The Bertz CT molecular complexity index is 196. The van der Waals surface area contributed by atoms with E-state index in [0.717, 1.165) is 12.5 Å². The van der Waals surface area contributed by atoms with Crippen molar-refractivity contribution in [3.05, 3.63) is 0 Å². The summed E-state index contributed by atoms with van der Waals surface area (Å²) in [5.74, 6) is 1.51. The van der Waals surface area contributed by atoms with Crippen LogP contribution in [0.15, 0.2) is 0 Å². The van der Waals surface area contributed by atoms with E-state index in [4.69, 9.17) is 5.73 Å². The molecule has 0 aromatic heterocycles. The number of hydrogen-bond donors (Lipinski definition) is 1. The summed E-state index contributed by atoms with van der Waals surface area (Å²) in [7, 11) is 0. The number of rotatable bonds is 7. The predicted molar refractivity (Wildman–Crippen MR) is 79.1 cm³/mol. The minimum absolute atomic E-state index is 0.418. The highest BCUT2D eigenvalue weighted by Gasteiger charge is 2.33. The first-order valence-electron chi connectivity index (χ1n) is 7.36. The average Bonchev–Trinajstić information content (AvgIpc) is 2.15. The molecule has 0 fully saturated rings. The van der Waals surface area contributed by atoms with Crippen LogP contribution in [0.3, 0.4) is 0 Å². The molecule has 2 N–H and O–H groups in total. The molecule has 0 aromatic rings. The van der Waals surface area contributed by atoms with Crippen LogP contribution in [0.4, 0.5) is 0 Å². The van der Waals surface area contributed by atoms with E-state index in [9.17, 15) is 0 Å². The number of hydrogen-bond acceptors (Lipinski definition) is 1. The van der Waals surface area contributed by atoms with Crippen molar-refractivity contribution in [2.45, 2.75) is 74.1 Å². The Labute approximate surface area is 110 Å². The Morgan fingerprint density at radius 1 is 0.941 bits per heavy atom. The van der Waals surface area contributed by atoms with Gasteiger partial charge in [-0.15, -0.1) is 0 Å². The Morgan fingerprint density at radius 2 is 1.47 bits per heavy atom. The smallest absolute Gasteiger partial charge is 0.00489 e. The van der Waals surface area contributed by atoms with Crippen LogP contribution < -0.4 is 5.73 Å². The second-order valence-corrected chi connectivity index (χ2v) is 7.58. The van der Waals surface area contributed by atoms with Crippen molar-refractivity contribution in [2.24, 2.45) is 28.4 Å². The molecule has 2 atom stereocenters. The molecule has 0 bridgehead atoms. The van der Waals surface area contributed by atoms with Gasteiger partial charge in [-0.1, -0.05) is 61.3 Å². The lowest BCUT2D eigenvalue weighted by Crippen LogP contribution is -2.31. The summed E-state index contributed by atoms with van der Waals surface area (Å²) in [6.45, 7) is 17.4. The molecule has 0 rings (SSSR count). The summed E-state index contributed by atoms with van der Waals surface area (Å²) in [4.78, 5) is 0. The molecule has 17 heavy (non-hydrogen) atoms. The van der Waals surface area contributed by atoms with Crippen molar-refractivity contribution in [3.8, 4) is 0 Å². The molecule has 0 aromatic carbocycles. The van der Waals surface area contributed by atoms with Crippen molar-refractivity contribution in [1.82, 2.24) is 0 Å². The standard InChI is InChI=1S/C16H35N/c1-8-13(11-17)10-14(9-2)16(6,7)12-15(3,4)5/h13-14H,8-12,17H2,1-7H3. The maximum Gasteiger partial charge on any atom is -0.00489 e. The molecule has 1 nitrogen and oxygen atoms in total. The zero-order valence-electron chi connectivity index (χ0n) is 13.3. The summed E-state index contributed by atoms with van der Waals surface area (Å²) in [6.07, 6.45) is 5.09. The molecule has 0 aliphatic heterocycles. The van der Waals surface area contributed by atoms with Gasteiger partial charge in [-0.25, -0.2) is 0 Å². The van der Waals surface area contributed by atoms with Gasteiger partial charge < -0.3 is 5.73 Å². The summed E-state index contributed by atoms with van der Waals surface area (Å²) in [5, 5.41) is 0. The third kappa shape index (κ3) is 6.45. The van der Waals surface area contributed by atoms with Crippen molar-refractivity contribution >= 4 is 0 Å². The van der Waals surface area contributed by atoms with E-state index in [0.29, 0.717) is 16.7 Å².